The van der Waals surface area contributed by atoms with Gasteiger partial charge < -0.3 is 9.88 Å². The second kappa shape index (κ2) is 7.04. The van der Waals surface area contributed by atoms with Crippen molar-refractivity contribution in [3.63, 3.8) is 0 Å². The van der Waals surface area contributed by atoms with Crippen LogP contribution in [0.25, 0.3) is 0 Å². The van der Waals surface area contributed by atoms with Gasteiger partial charge in [-0.05, 0) is 0 Å². The van der Waals surface area contributed by atoms with Gasteiger partial charge in [0.1, 0.15) is 5.82 Å². The highest BCUT2D eigenvalue weighted by molar-refractivity contribution is 7.99. The number of aromatic nitrogens is 4. The van der Waals surface area contributed by atoms with Crippen molar-refractivity contribution in [2.24, 2.45) is 7.05 Å². The van der Waals surface area contributed by atoms with Gasteiger partial charge in [0.05, 0.1) is 5.56 Å². The maximum absolute atomic E-state index is 11.9. The highest BCUT2D eigenvalue weighted by Gasteiger charge is 2.06. The maximum atomic E-state index is 11.9. The predicted octanol–water partition coefficient (Wildman–Crippen LogP) is 1.29. The van der Waals surface area contributed by atoms with E-state index in [4.69, 9.17) is 0 Å². The summed E-state index contributed by atoms with van der Waals surface area (Å²) in [6, 6.07) is 0. The number of thioether (sulfide) groups is 1. The third kappa shape index (κ3) is 3.80. The van der Waals surface area contributed by atoms with Crippen LogP contribution in [-0.4, -0.2) is 37.7 Å². The Labute approximate surface area is 122 Å². The molecule has 2 aromatic rings. The van der Waals surface area contributed by atoms with Crippen molar-refractivity contribution in [1.82, 2.24) is 24.8 Å². The van der Waals surface area contributed by atoms with Crippen LogP contribution < -0.4 is 5.32 Å². The smallest absolute Gasteiger partial charge is 0.254 e. The van der Waals surface area contributed by atoms with Crippen molar-refractivity contribution in [1.29, 1.82) is 0 Å². The summed E-state index contributed by atoms with van der Waals surface area (Å²) >= 11 is 1.60. The lowest BCUT2D eigenvalue weighted by Crippen LogP contribution is -2.26. The molecule has 0 saturated carbocycles. The molecular weight excluding hydrogens is 274 g/mol. The van der Waals surface area contributed by atoms with E-state index in [1.807, 2.05) is 24.7 Å². The summed E-state index contributed by atoms with van der Waals surface area (Å²) in [4.78, 5) is 24.3. The molecule has 20 heavy (non-hydrogen) atoms. The minimum atomic E-state index is -0.145. The fraction of sp³-hybridized carbons (Fsp3) is 0.385. The van der Waals surface area contributed by atoms with Crippen LogP contribution in [0.1, 0.15) is 23.1 Å². The average Bonchev–Trinajstić information content (AvgIpc) is 2.89. The topological polar surface area (TPSA) is 72.7 Å². The van der Waals surface area contributed by atoms with Gasteiger partial charge >= 0.3 is 0 Å². The Kier molecular flexibility index (Phi) is 5.11. The zero-order valence-electron chi connectivity index (χ0n) is 11.5. The molecule has 0 unspecified atom stereocenters. The highest BCUT2D eigenvalue weighted by atomic mass is 32.2. The first-order valence-electron chi connectivity index (χ1n) is 6.40. The van der Waals surface area contributed by atoms with E-state index in [2.05, 4.69) is 20.3 Å². The second-order valence-corrected chi connectivity index (χ2v) is 5.23. The fourth-order valence-electron chi connectivity index (χ4n) is 1.55. The number of hydrogen-bond donors (Lipinski definition) is 1. The Hall–Kier alpha value is -1.89. The number of hydrogen-bond acceptors (Lipinski definition) is 5. The molecule has 0 aromatic carbocycles. The van der Waals surface area contributed by atoms with Crippen LogP contribution in [-0.2, 0) is 13.5 Å². The SMILES string of the molecule is CCc1ncc(C(=O)NCCSc2nccn2C)cn1. The van der Waals surface area contributed by atoms with E-state index < -0.39 is 0 Å². The van der Waals surface area contributed by atoms with Crippen molar-refractivity contribution >= 4 is 17.7 Å². The normalized spacial score (nSPS) is 10.5. The lowest BCUT2D eigenvalue weighted by atomic mass is 10.3. The molecule has 0 atom stereocenters. The third-order valence-corrected chi connectivity index (χ3v) is 3.74. The van der Waals surface area contributed by atoms with Crippen molar-refractivity contribution < 1.29 is 4.79 Å². The molecule has 2 rings (SSSR count). The number of amides is 1. The Morgan fingerprint density at radius 2 is 2.10 bits per heavy atom. The summed E-state index contributed by atoms with van der Waals surface area (Å²) in [5.74, 6) is 1.37. The molecule has 0 aliphatic carbocycles. The fourth-order valence-corrected chi connectivity index (χ4v) is 2.34. The summed E-state index contributed by atoms with van der Waals surface area (Å²) in [5.41, 5.74) is 0.490. The lowest BCUT2D eigenvalue weighted by Gasteiger charge is -2.05. The quantitative estimate of drug-likeness (QED) is 0.641. The number of carbonyl (C=O) groups excluding carboxylic acids is 1. The average molecular weight is 291 g/mol. The molecule has 0 aliphatic rings. The first-order chi connectivity index (χ1) is 9.70. The van der Waals surface area contributed by atoms with Gasteiger partial charge in [0.2, 0.25) is 0 Å². The van der Waals surface area contributed by atoms with Gasteiger partial charge in [-0.15, -0.1) is 0 Å². The standard InChI is InChI=1S/C13H17N5OS/c1-3-11-16-8-10(9-17-11)12(19)14-5-7-20-13-15-4-6-18(13)2/h4,6,8-9H,3,5,7H2,1-2H3,(H,14,19). The van der Waals surface area contributed by atoms with Crippen LogP contribution >= 0.6 is 11.8 Å². The van der Waals surface area contributed by atoms with E-state index in [0.717, 1.165) is 23.2 Å². The Bertz CT molecular complexity index is 566. The van der Waals surface area contributed by atoms with Gasteiger partial charge in [0.15, 0.2) is 5.16 Å². The van der Waals surface area contributed by atoms with E-state index in [0.29, 0.717) is 12.1 Å². The van der Waals surface area contributed by atoms with E-state index >= 15 is 0 Å². The number of nitrogens with one attached hydrogen (secondary N) is 1. The van der Waals surface area contributed by atoms with Crippen LogP contribution in [0.2, 0.25) is 0 Å². The van der Waals surface area contributed by atoms with Crippen LogP contribution in [0, 0.1) is 0 Å². The number of imidazole rings is 1. The van der Waals surface area contributed by atoms with Crippen LogP contribution in [0.5, 0.6) is 0 Å². The largest absolute Gasteiger partial charge is 0.351 e. The Morgan fingerprint density at radius 3 is 2.70 bits per heavy atom. The molecule has 7 heteroatoms. The minimum absolute atomic E-state index is 0.145. The molecule has 106 valence electrons. The molecule has 1 amide bonds. The molecule has 0 spiro atoms. The van der Waals surface area contributed by atoms with Gasteiger partial charge in [-0.1, -0.05) is 18.7 Å². The summed E-state index contributed by atoms with van der Waals surface area (Å²) in [7, 11) is 1.94. The molecule has 2 heterocycles. The van der Waals surface area contributed by atoms with Gasteiger partial charge in [0.25, 0.3) is 5.91 Å². The molecule has 0 aliphatic heterocycles. The molecule has 0 saturated heterocycles. The maximum Gasteiger partial charge on any atom is 0.254 e. The molecule has 2 aromatic heterocycles. The van der Waals surface area contributed by atoms with Gasteiger partial charge in [-0.3, -0.25) is 4.79 Å². The molecule has 0 bridgehead atoms. The summed E-state index contributed by atoms with van der Waals surface area (Å²) in [5, 5.41) is 3.78. The summed E-state index contributed by atoms with van der Waals surface area (Å²) in [6.45, 7) is 2.55. The second-order valence-electron chi connectivity index (χ2n) is 4.17. The Morgan fingerprint density at radius 1 is 1.35 bits per heavy atom. The number of aryl methyl sites for hydroxylation is 2. The van der Waals surface area contributed by atoms with Crippen LogP contribution in [0.3, 0.4) is 0 Å². The van der Waals surface area contributed by atoms with Crippen LogP contribution in [0.15, 0.2) is 29.9 Å². The van der Waals surface area contributed by atoms with Gasteiger partial charge in [-0.25, -0.2) is 15.0 Å². The molecule has 1 N–H and O–H groups in total. The zero-order chi connectivity index (χ0) is 14.4. The molecule has 6 nitrogen and oxygen atoms in total. The summed E-state index contributed by atoms with van der Waals surface area (Å²) in [6.07, 6.45) is 7.55. The number of nitrogens with zero attached hydrogens (tertiary/aromatic N) is 4. The number of carbonyl (C=O) groups is 1. The monoisotopic (exact) mass is 291 g/mol. The van der Waals surface area contributed by atoms with Gasteiger partial charge in [-0.2, -0.15) is 0 Å². The van der Waals surface area contributed by atoms with Crippen molar-refractivity contribution in [3.05, 3.63) is 36.2 Å². The zero-order valence-corrected chi connectivity index (χ0v) is 12.4. The Balaban J connectivity index is 1.76. The van der Waals surface area contributed by atoms with Crippen LogP contribution in [0.4, 0.5) is 0 Å². The van der Waals surface area contributed by atoms with E-state index in [9.17, 15) is 4.79 Å². The van der Waals surface area contributed by atoms with Gasteiger partial charge in [0, 0.05) is 50.6 Å². The van der Waals surface area contributed by atoms with Crippen molar-refractivity contribution in [2.45, 2.75) is 18.5 Å². The summed E-state index contributed by atoms with van der Waals surface area (Å²) < 4.78 is 1.95. The van der Waals surface area contributed by atoms with Crippen molar-refractivity contribution in [2.75, 3.05) is 12.3 Å². The first kappa shape index (κ1) is 14.5. The predicted molar refractivity (Wildman–Crippen MR) is 77.7 cm³/mol. The molecule has 0 fully saturated rings. The lowest BCUT2D eigenvalue weighted by molar-refractivity contribution is 0.0955. The van der Waals surface area contributed by atoms with E-state index in [1.165, 1.54) is 0 Å². The number of rotatable bonds is 6. The van der Waals surface area contributed by atoms with E-state index in [-0.39, 0.29) is 5.91 Å². The van der Waals surface area contributed by atoms with Crippen molar-refractivity contribution in [3.8, 4) is 0 Å². The molecular formula is C13H17N5OS. The minimum Gasteiger partial charge on any atom is -0.351 e. The third-order valence-electron chi connectivity index (χ3n) is 2.68. The van der Waals surface area contributed by atoms with E-state index in [1.54, 1.807) is 30.4 Å². The highest BCUT2D eigenvalue weighted by Crippen LogP contribution is 2.13. The first-order valence-corrected chi connectivity index (χ1v) is 7.38. The molecule has 0 radical (unpaired) electrons.